The summed E-state index contributed by atoms with van der Waals surface area (Å²) in [6.07, 6.45) is 3.02. The van der Waals surface area contributed by atoms with E-state index in [1.54, 1.807) is 12.1 Å². The van der Waals surface area contributed by atoms with Crippen LogP contribution in [0, 0.1) is 14.9 Å². The summed E-state index contributed by atoms with van der Waals surface area (Å²) >= 11 is 3.41. The van der Waals surface area contributed by atoms with Gasteiger partial charge in [0, 0.05) is 15.7 Å². The molecule has 2 aromatic rings. The maximum absolute atomic E-state index is 12.8. The fourth-order valence-corrected chi connectivity index (χ4v) is 4.77. The molecule has 7 heteroatoms. The Kier molecular flexibility index (Phi) is 4.71. The summed E-state index contributed by atoms with van der Waals surface area (Å²) in [4.78, 5) is 31.1. The van der Waals surface area contributed by atoms with Gasteiger partial charge in [-0.3, -0.25) is 9.59 Å². The van der Waals surface area contributed by atoms with Crippen LogP contribution in [0.3, 0.4) is 0 Å². The van der Waals surface area contributed by atoms with Crippen molar-refractivity contribution in [1.82, 2.24) is 4.98 Å². The van der Waals surface area contributed by atoms with Gasteiger partial charge in [-0.2, -0.15) is 5.26 Å². The average Bonchev–Trinajstić information content (AvgIpc) is 3.19. The van der Waals surface area contributed by atoms with Gasteiger partial charge in [0.25, 0.3) is 0 Å². The van der Waals surface area contributed by atoms with Gasteiger partial charge >= 0.3 is 0 Å². The van der Waals surface area contributed by atoms with Crippen LogP contribution in [-0.4, -0.2) is 22.0 Å². The number of carbonyl (C=O) groups is 2. The molecule has 26 heavy (non-hydrogen) atoms. The van der Waals surface area contributed by atoms with Crippen LogP contribution >= 0.6 is 34.4 Å². The van der Waals surface area contributed by atoms with Crippen molar-refractivity contribution in [3.63, 3.8) is 0 Å². The molecular formula is C19H14IN3O2S. The van der Waals surface area contributed by atoms with Gasteiger partial charge in [0.1, 0.15) is 11.1 Å². The van der Waals surface area contributed by atoms with Crippen LogP contribution in [0.5, 0.6) is 0 Å². The Morgan fingerprint density at radius 2 is 2.00 bits per heavy atom. The smallest absolute Gasteiger partial charge is 0.247 e. The standard InChI is InChI=1S/C19H14IN3O2S/c20-13-4-6-14(7-5-13)23-17(24)9-16(19(23)25)26-18-12(10-21)8-11-2-1-3-15(11)22-18/h4-8,16H,1-3,9H2. The number of anilines is 1. The summed E-state index contributed by atoms with van der Waals surface area (Å²) in [6, 6.07) is 11.4. The van der Waals surface area contributed by atoms with E-state index in [1.165, 1.54) is 16.7 Å². The second-order valence-corrected chi connectivity index (χ2v) is 8.70. The Morgan fingerprint density at radius 1 is 1.23 bits per heavy atom. The Labute approximate surface area is 168 Å². The van der Waals surface area contributed by atoms with Gasteiger partial charge in [-0.15, -0.1) is 0 Å². The van der Waals surface area contributed by atoms with Gasteiger partial charge in [-0.1, -0.05) is 11.8 Å². The maximum atomic E-state index is 12.8. The number of imide groups is 1. The fraction of sp³-hybridized carbons (Fsp3) is 0.263. The van der Waals surface area contributed by atoms with Gasteiger partial charge in [0.2, 0.25) is 11.8 Å². The van der Waals surface area contributed by atoms with Crippen LogP contribution in [0.25, 0.3) is 0 Å². The summed E-state index contributed by atoms with van der Waals surface area (Å²) in [6.45, 7) is 0. The minimum atomic E-state index is -0.541. The lowest BCUT2D eigenvalue weighted by Crippen LogP contribution is -2.31. The number of amides is 2. The molecule has 1 unspecified atom stereocenters. The first-order valence-corrected chi connectivity index (χ1v) is 10.2. The van der Waals surface area contributed by atoms with E-state index in [4.69, 9.17) is 0 Å². The molecule has 130 valence electrons. The average molecular weight is 475 g/mol. The van der Waals surface area contributed by atoms with Crippen LogP contribution in [-0.2, 0) is 22.4 Å². The lowest BCUT2D eigenvalue weighted by atomic mass is 10.2. The van der Waals surface area contributed by atoms with Gasteiger partial charge in [-0.05, 0) is 77.7 Å². The second kappa shape index (κ2) is 7.00. The molecular weight excluding hydrogens is 461 g/mol. The third kappa shape index (κ3) is 3.12. The molecule has 1 aliphatic heterocycles. The van der Waals surface area contributed by atoms with Crippen molar-refractivity contribution in [2.45, 2.75) is 36.0 Å². The highest BCUT2D eigenvalue weighted by Crippen LogP contribution is 2.36. The number of hydrogen-bond acceptors (Lipinski definition) is 5. The minimum absolute atomic E-state index is 0.124. The highest BCUT2D eigenvalue weighted by molar-refractivity contribution is 14.1. The van der Waals surface area contributed by atoms with Crippen LogP contribution < -0.4 is 4.90 Å². The Balaban J connectivity index is 1.60. The zero-order valence-electron chi connectivity index (χ0n) is 13.7. The summed E-state index contributed by atoms with van der Waals surface area (Å²) in [5.41, 5.74) is 3.22. The van der Waals surface area contributed by atoms with Gasteiger partial charge in [0.05, 0.1) is 16.5 Å². The van der Waals surface area contributed by atoms with E-state index >= 15 is 0 Å². The molecule has 1 aromatic carbocycles. The summed E-state index contributed by atoms with van der Waals surface area (Å²) in [5, 5.41) is 9.45. The van der Waals surface area contributed by atoms with Crippen molar-refractivity contribution >= 4 is 51.9 Å². The van der Waals surface area contributed by atoms with Crippen molar-refractivity contribution < 1.29 is 9.59 Å². The molecule has 1 aromatic heterocycles. The van der Waals surface area contributed by atoms with E-state index in [2.05, 4.69) is 33.6 Å². The number of thioether (sulfide) groups is 1. The predicted octanol–water partition coefficient (Wildman–Crippen LogP) is 3.47. The molecule has 4 rings (SSSR count). The Morgan fingerprint density at radius 3 is 2.73 bits per heavy atom. The third-order valence-corrected chi connectivity index (χ3v) is 6.49. The van der Waals surface area contributed by atoms with Crippen molar-refractivity contribution in [2.24, 2.45) is 0 Å². The summed E-state index contributed by atoms with van der Waals surface area (Å²) in [7, 11) is 0. The van der Waals surface area contributed by atoms with E-state index in [9.17, 15) is 14.9 Å². The zero-order chi connectivity index (χ0) is 18.3. The quantitative estimate of drug-likeness (QED) is 0.502. The van der Waals surface area contributed by atoms with Crippen molar-refractivity contribution in [3.8, 4) is 6.07 Å². The molecule has 1 aliphatic carbocycles. The lowest BCUT2D eigenvalue weighted by Gasteiger charge is -2.15. The first-order valence-electron chi connectivity index (χ1n) is 8.28. The predicted molar refractivity (Wildman–Crippen MR) is 107 cm³/mol. The Hall–Kier alpha value is -1.92. The summed E-state index contributed by atoms with van der Waals surface area (Å²) < 4.78 is 1.04. The third-order valence-electron chi connectivity index (χ3n) is 4.58. The van der Waals surface area contributed by atoms with E-state index < -0.39 is 5.25 Å². The molecule has 2 aliphatic rings. The number of aromatic nitrogens is 1. The van der Waals surface area contributed by atoms with Gasteiger partial charge < -0.3 is 0 Å². The Bertz CT molecular complexity index is 952. The number of carbonyl (C=O) groups excluding carboxylic acids is 2. The highest BCUT2D eigenvalue weighted by Gasteiger charge is 2.40. The van der Waals surface area contributed by atoms with Crippen LogP contribution in [0.15, 0.2) is 35.4 Å². The molecule has 2 heterocycles. The number of benzene rings is 1. The number of pyridine rings is 1. The molecule has 1 saturated heterocycles. The molecule has 0 N–H and O–H groups in total. The van der Waals surface area contributed by atoms with E-state index in [-0.39, 0.29) is 18.2 Å². The molecule has 0 saturated carbocycles. The van der Waals surface area contributed by atoms with Crippen molar-refractivity contribution in [1.29, 1.82) is 5.26 Å². The molecule has 1 atom stereocenters. The van der Waals surface area contributed by atoms with Gasteiger partial charge in [0.15, 0.2) is 0 Å². The van der Waals surface area contributed by atoms with Crippen molar-refractivity contribution in [2.75, 3.05) is 4.90 Å². The van der Waals surface area contributed by atoms with Crippen LogP contribution in [0.2, 0.25) is 0 Å². The number of fused-ring (bicyclic) bond motifs is 1. The molecule has 0 bridgehead atoms. The molecule has 0 radical (unpaired) electrons. The number of nitriles is 1. The van der Waals surface area contributed by atoms with Crippen molar-refractivity contribution in [3.05, 3.63) is 50.7 Å². The van der Waals surface area contributed by atoms with E-state index in [1.807, 2.05) is 18.2 Å². The zero-order valence-corrected chi connectivity index (χ0v) is 16.7. The number of halogens is 1. The summed E-state index contributed by atoms with van der Waals surface area (Å²) in [5.74, 6) is -0.458. The highest BCUT2D eigenvalue weighted by atomic mass is 127. The maximum Gasteiger partial charge on any atom is 0.247 e. The SMILES string of the molecule is N#Cc1cc2c(nc1SC1CC(=O)N(c3ccc(I)cc3)C1=O)CCC2. The first kappa shape index (κ1) is 17.5. The second-order valence-electron chi connectivity index (χ2n) is 6.27. The normalized spacial score (nSPS) is 18.9. The number of hydrogen-bond donors (Lipinski definition) is 0. The van der Waals surface area contributed by atoms with Crippen LogP contribution in [0.4, 0.5) is 5.69 Å². The molecule has 2 amide bonds. The van der Waals surface area contributed by atoms with E-state index in [0.29, 0.717) is 16.3 Å². The van der Waals surface area contributed by atoms with E-state index in [0.717, 1.165) is 34.1 Å². The largest absolute Gasteiger partial charge is 0.274 e. The monoisotopic (exact) mass is 475 g/mol. The fourth-order valence-electron chi connectivity index (χ4n) is 3.32. The first-order chi connectivity index (χ1) is 12.6. The molecule has 1 fully saturated rings. The number of nitrogens with zero attached hydrogens (tertiary/aromatic N) is 3. The molecule has 0 spiro atoms. The van der Waals surface area contributed by atoms with Crippen LogP contribution in [0.1, 0.15) is 29.7 Å². The number of rotatable bonds is 3. The van der Waals surface area contributed by atoms with Gasteiger partial charge in [-0.25, -0.2) is 9.88 Å². The topological polar surface area (TPSA) is 74.1 Å². The number of aryl methyl sites for hydroxylation is 2. The molecule has 5 nitrogen and oxygen atoms in total. The minimum Gasteiger partial charge on any atom is -0.274 e. The lowest BCUT2D eigenvalue weighted by molar-refractivity contribution is -0.121.